The highest BCUT2D eigenvalue weighted by atomic mass is 16.5. The molecule has 1 atom stereocenters. The van der Waals surface area contributed by atoms with Crippen LogP contribution in [0.3, 0.4) is 0 Å². The number of hydrogen-bond donors (Lipinski definition) is 0. The number of carbonyl (C=O) groups excluding carboxylic acids is 2. The largest absolute Gasteiger partial charge is 0.477 e. The van der Waals surface area contributed by atoms with Gasteiger partial charge in [0, 0.05) is 11.6 Å². The fraction of sp³-hybridized carbons (Fsp3) is 0.667. The highest BCUT2D eigenvalue weighted by Gasteiger charge is 2.55. The Morgan fingerprint density at radius 3 is 2.38 bits per heavy atom. The van der Waals surface area contributed by atoms with Gasteiger partial charge in [0.1, 0.15) is 5.56 Å². The van der Waals surface area contributed by atoms with Gasteiger partial charge >= 0.3 is 5.97 Å². The second-order valence-corrected chi connectivity index (χ2v) is 8.40. The van der Waals surface area contributed by atoms with E-state index >= 15 is 0 Å². The van der Waals surface area contributed by atoms with Crippen molar-refractivity contribution in [3.05, 3.63) is 23.9 Å². The molecule has 4 saturated carbocycles. The Bertz CT molecular complexity index is 678. The Balaban J connectivity index is 1.47. The molecule has 1 heterocycles. The molecule has 0 aliphatic heterocycles. The normalized spacial score (nSPS) is 32.9. The van der Waals surface area contributed by atoms with E-state index in [1.807, 2.05) is 6.92 Å². The van der Waals surface area contributed by atoms with Gasteiger partial charge in [-0.25, -0.2) is 9.78 Å². The quantitative estimate of drug-likeness (QED) is 0.724. The summed E-state index contributed by atoms with van der Waals surface area (Å²) in [7, 11) is 0. The lowest BCUT2D eigenvalue weighted by Gasteiger charge is -2.56. The van der Waals surface area contributed by atoms with E-state index in [1.54, 1.807) is 25.3 Å². The van der Waals surface area contributed by atoms with Crippen molar-refractivity contribution in [2.75, 3.05) is 6.61 Å². The van der Waals surface area contributed by atoms with E-state index in [0.717, 1.165) is 19.3 Å². The van der Waals surface area contributed by atoms with Crippen LogP contribution in [0, 0.1) is 23.2 Å². The van der Waals surface area contributed by atoms with Crippen molar-refractivity contribution >= 4 is 11.8 Å². The summed E-state index contributed by atoms with van der Waals surface area (Å²) in [6.07, 6.45) is 7.65. The lowest BCUT2D eigenvalue weighted by molar-refractivity contribution is -0.152. The number of nitrogens with zero attached hydrogens (tertiary/aromatic N) is 1. The zero-order valence-electron chi connectivity index (χ0n) is 15.6. The van der Waals surface area contributed by atoms with Gasteiger partial charge in [0.2, 0.25) is 5.88 Å². The molecule has 4 fully saturated rings. The van der Waals surface area contributed by atoms with Gasteiger partial charge in [-0.15, -0.1) is 0 Å². The van der Waals surface area contributed by atoms with Crippen molar-refractivity contribution in [2.24, 2.45) is 23.2 Å². The van der Waals surface area contributed by atoms with Gasteiger partial charge in [-0.3, -0.25) is 4.79 Å². The molecule has 0 N–H and O–H groups in total. The van der Waals surface area contributed by atoms with E-state index in [0.29, 0.717) is 24.4 Å². The molecule has 4 aliphatic carbocycles. The fourth-order valence-corrected chi connectivity index (χ4v) is 5.92. The molecule has 0 saturated heterocycles. The summed E-state index contributed by atoms with van der Waals surface area (Å²) in [5.41, 5.74) is 0.0195. The predicted molar refractivity (Wildman–Crippen MR) is 95.9 cm³/mol. The molecule has 4 aliphatic rings. The van der Waals surface area contributed by atoms with E-state index in [1.165, 1.54) is 19.3 Å². The summed E-state index contributed by atoms with van der Waals surface area (Å²) in [4.78, 5) is 29.9. The molecule has 140 valence electrons. The molecule has 0 radical (unpaired) electrons. The standard InChI is InChI=1S/C21H27NO4/c1-3-25-19-17(5-4-6-22-19)20(24)26-13(2)18(23)21-10-14-7-15(11-21)9-16(8-14)12-21/h4-6,13-16H,3,7-12H2,1-2H3/t13-,14?,15?,16?,21?/m1/s1. The summed E-state index contributed by atoms with van der Waals surface area (Å²) < 4.78 is 11.0. The number of Topliss-reactive ketones (excluding diaryl/α,β-unsaturated/α-hetero) is 1. The molecule has 0 spiro atoms. The van der Waals surface area contributed by atoms with Crippen LogP contribution in [-0.2, 0) is 9.53 Å². The van der Waals surface area contributed by atoms with Gasteiger partial charge in [0.05, 0.1) is 6.61 Å². The molecule has 4 bridgehead atoms. The van der Waals surface area contributed by atoms with Crippen molar-refractivity contribution < 1.29 is 19.1 Å². The SMILES string of the molecule is CCOc1ncccc1C(=O)O[C@H](C)C(=O)C12CC3CC(CC(C3)C1)C2. The van der Waals surface area contributed by atoms with Gasteiger partial charge < -0.3 is 9.47 Å². The van der Waals surface area contributed by atoms with Crippen molar-refractivity contribution in [3.63, 3.8) is 0 Å². The number of pyridine rings is 1. The fourth-order valence-electron chi connectivity index (χ4n) is 5.92. The second kappa shape index (κ2) is 6.67. The average Bonchev–Trinajstić information content (AvgIpc) is 2.60. The number of carbonyl (C=O) groups is 2. The summed E-state index contributed by atoms with van der Waals surface area (Å²) in [5, 5.41) is 0. The summed E-state index contributed by atoms with van der Waals surface area (Å²) in [5.74, 6) is 1.91. The number of hydrogen-bond acceptors (Lipinski definition) is 5. The maximum absolute atomic E-state index is 13.2. The van der Waals surface area contributed by atoms with E-state index in [9.17, 15) is 9.59 Å². The van der Waals surface area contributed by atoms with Gasteiger partial charge in [0.15, 0.2) is 11.9 Å². The molecule has 0 aromatic carbocycles. The number of rotatable bonds is 6. The average molecular weight is 357 g/mol. The molecule has 5 nitrogen and oxygen atoms in total. The zero-order chi connectivity index (χ0) is 18.3. The molecular formula is C21H27NO4. The Morgan fingerprint density at radius 2 is 1.81 bits per heavy atom. The molecular weight excluding hydrogens is 330 g/mol. The summed E-state index contributed by atoms with van der Waals surface area (Å²) >= 11 is 0. The lowest BCUT2D eigenvalue weighted by atomic mass is 9.48. The van der Waals surface area contributed by atoms with Gasteiger partial charge in [-0.1, -0.05) is 0 Å². The van der Waals surface area contributed by atoms with Crippen LogP contribution in [0.4, 0.5) is 0 Å². The summed E-state index contributed by atoms with van der Waals surface area (Å²) in [6, 6.07) is 3.30. The van der Waals surface area contributed by atoms with Crippen LogP contribution in [-0.4, -0.2) is 29.4 Å². The maximum Gasteiger partial charge on any atom is 0.344 e. The first-order valence-electron chi connectivity index (χ1n) is 9.84. The highest BCUT2D eigenvalue weighted by molar-refractivity contribution is 5.96. The second-order valence-electron chi connectivity index (χ2n) is 8.40. The van der Waals surface area contributed by atoms with Gasteiger partial charge in [0.25, 0.3) is 0 Å². The van der Waals surface area contributed by atoms with Crippen LogP contribution >= 0.6 is 0 Å². The van der Waals surface area contributed by atoms with Gasteiger partial charge in [-0.2, -0.15) is 0 Å². The predicted octanol–water partition coefficient (Wildman–Crippen LogP) is 3.81. The third kappa shape index (κ3) is 3.01. The Kier molecular flexibility index (Phi) is 4.49. The zero-order valence-corrected chi connectivity index (χ0v) is 15.6. The molecule has 1 aromatic heterocycles. The molecule has 0 unspecified atom stereocenters. The third-order valence-corrected chi connectivity index (χ3v) is 6.49. The number of ether oxygens (including phenoxy) is 2. The Hall–Kier alpha value is -1.91. The molecule has 5 rings (SSSR count). The van der Waals surface area contributed by atoms with Crippen molar-refractivity contribution in [1.29, 1.82) is 0 Å². The van der Waals surface area contributed by atoms with E-state index < -0.39 is 12.1 Å². The summed E-state index contributed by atoms with van der Waals surface area (Å²) in [6.45, 7) is 3.97. The van der Waals surface area contributed by atoms with Gasteiger partial charge in [-0.05, 0) is 82.3 Å². The smallest absolute Gasteiger partial charge is 0.344 e. The number of ketones is 1. The van der Waals surface area contributed by atoms with Crippen molar-refractivity contribution in [1.82, 2.24) is 4.98 Å². The third-order valence-electron chi connectivity index (χ3n) is 6.49. The Morgan fingerprint density at radius 1 is 1.19 bits per heavy atom. The first-order valence-corrected chi connectivity index (χ1v) is 9.84. The molecule has 5 heteroatoms. The minimum Gasteiger partial charge on any atom is -0.477 e. The minimum absolute atomic E-state index is 0.117. The Labute approximate surface area is 154 Å². The minimum atomic E-state index is -0.728. The molecule has 0 amide bonds. The highest BCUT2D eigenvalue weighted by Crippen LogP contribution is 2.60. The maximum atomic E-state index is 13.2. The van der Waals surface area contributed by atoms with E-state index in [-0.39, 0.29) is 22.6 Å². The van der Waals surface area contributed by atoms with Crippen molar-refractivity contribution in [3.8, 4) is 5.88 Å². The molecule has 26 heavy (non-hydrogen) atoms. The van der Waals surface area contributed by atoms with Crippen LogP contribution in [0.2, 0.25) is 0 Å². The van der Waals surface area contributed by atoms with Crippen LogP contribution < -0.4 is 4.74 Å². The molecule has 1 aromatic rings. The van der Waals surface area contributed by atoms with E-state index in [2.05, 4.69) is 4.98 Å². The first-order chi connectivity index (χ1) is 12.5. The van der Waals surface area contributed by atoms with Crippen LogP contribution in [0.1, 0.15) is 62.7 Å². The number of esters is 1. The van der Waals surface area contributed by atoms with Crippen LogP contribution in [0.5, 0.6) is 5.88 Å². The monoisotopic (exact) mass is 357 g/mol. The van der Waals surface area contributed by atoms with Crippen LogP contribution in [0.25, 0.3) is 0 Å². The first kappa shape index (κ1) is 17.5. The number of aromatic nitrogens is 1. The van der Waals surface area contributed by atoms with Crippen LogP contribution in [0.15, 0.2) is 18.3 Å². The lowest BCUT2D eigenvalue weighted by Crippen LogP contribution is -2.52. The van der Waals surface area contributed by atoms with E-state index in [4.69, 9.17) is 9.47 Å². The van der Waals surface area contributed by atoms with Crippen molar-refractivity contribution in [2.45, 2.75) is 58.5 Å². The topological polar surface area (TPSA) is 65.5 Å².